The summed E-state index contributed by atoms with van der Waals surface area (Å²) in [7, 11) is 0. The van der Waals surface area contributed by atoms with Crippen LogP contribution in [0.2, 0.25) is 0 Å². The van der Waals surface area contributed by atoms with E-state index in [4.69, 9.17) is 5.73 Å². The molecule has 0 heterocycles. The van der Waals surface area contributed by atoms with Gasteiger partial charge in [0, 0.05) is 11.0 Å². The molecule has 0 bridgehead atoms. The Kier molecular flexibility index (Phi) is 6.11. The van der Waals surface area contributed by atoms with Crippen LogP contribution in [0.1, 0.15) is 29.6 Å². The molecule has 0 aliphatic heterocycles. The first-order chi connectivity index (χ1) is 7.75. The maximum atomic E-state index is 11.7. The van der Waals surface area contributed by atoms with E-state index in [1.165, 1.54) is 0 Å². The molecule has 3 N–H and O–H groups in total. The lowest BCUT2D eigenvalue weighted by molar-refractivity contribution is 0.0952. The van der Waals surface area contributed by atoms with E-state index in [1.54, 1.807) is 6.07 Å². The first-order valence-corrected chi connectivity index (χ1v) is 6.28. The van der Waals surface area contributed by atoms with E-state index in [1.807, 2.05) is 18.2 Å². The van der Waals surface area contributed by atoms with Gasteiger partial charge in [0.2, 0.25) is 0 Å². The molecule has 1 aromatic rings. The summed E-state index contributed by atoms with van der Waals surface area (Å²) in [6.07, 6.45) is 3.06. The monoisotopic (exact) mass is 284 g/mol. The number of halogens is 1. The van der Waals surface area contributed by atoms with Crippen molar-refractivity contribution in [2.45, 2.75) is 19.3 Å². The van der Waals surface area contributed by atoms with E-state index < -0.39 is 0 Å². The van der Waals surface area contributed by atoms with Gasteiger partial charge in [0.15, 0.2) is 0 Å². The SMILES string of the molecule is NCCCCCNC(=O)c1ccccc1Br. The fourth-order valence-corrected chi connectivity index (χ4v) is 1.85. The van der Waals surface area contributed by atoms with Crippen LogP contribution in [0.25, 0.3) is 0 Å². The minimum absolute atomic E-state index is 0.0276. The van der Waals surface area contributed by atoms with Crippen molar-refractivity contribution in [3.05, 3.63) is 34.3 Å². The Labute approximate surface area is 105 Å². The van der Waals surface area contributed by atoms with E-state index in [9.17, 15) is 4.79 Å². The van der Waals surface area contributed by atoms with Gasteiger partial charge < -0.3 is 11.1 Å². The van der Waals surface area contributed by atoms with Gasteiger partial charge in [0.25, 0.3) is 5.91 Å². The maximum absolute atomic E-state index is 11.7. The second kappa shape index (κ2) is 7.41. The van der Waals surface area contributed by atoms with Gasteiger partial charge >= 0.3 is 0 Å². The number of amides is 1. The van der Waals surface area contributed by atoms with Crippen molar-refractivity contribution in [2.24, 2.45) is 5.73 Å². The third-order valence-electron chi connectivity index (χ3n) is 2.28. The van der Waals surface area contributed by atoms with E-state index in [0.717, 1.165) is 30.3 Å². The molecule has 0 spiro atoms. The summed E-state index contributed by atoms with van der Waals surface area (Å²) in [6, 6.07) is 7.42. The Morgan fingerprint density at radius 2 is 2.00 bits per heavy atom. The molecule has 0 radical (unpaired) electrons. The topological polar surface area (TPSA) is 55.1 Å². The molecular weight excluding hydrogens is 268 g/mol. The van der Waals surface area contributed by atoms with E-state index in [0.29, 0.717) is 12.1 Å². The molecule has 16 heavy (non-hydrogen) atoms. The highest BCUT2D eigenvalue weighted by molar-refractivity contribution is 9.10. The Hall–Kier alpha value is -0.870. The molecule has 0 fully saturated rings. The van der Waals surface area contributed by atoms with Gasteiger partial charge in [0.05, 0.1) is 5.56 Å². The Morgan fingerprint density at radius 3 is 2.69 bits per heavy atom. The second-order valence-electron chi connectivity index (χ2n) is 3.59. The van der Waals surface area contributed by atoms with Gasteiger partial charge in [-0.2, -0.15) is 0 Å². The molecule has 3 nitrogen and oxygen atoms in total. The van der Waals surface area contributed by atoms with E-state index in [2.05, 4.69) is 21.2 Å². The lowest BCUT2D eigenvalue weighted by atomic mass is 10.2. The average Bonchev–Trinajstić information content (AvgIpc) is 2.29. The van der Waals surface area contributed by atoms with Gasteiger partial charge in [-0.15, -0.1) is 0 Å². The van der Waals surface area contributed by atoms with Crippen LogP contribution in [0.4, 0.5) is 0 Å². The molecule has 0 saturated carbocycles. The fourth-order valence-electron chi connectivity index (χ4n) is 1.39. The molecule has 0 saturated heterocycles. The number of rotatable bonds is 6. The summed E-state index contributed by atoms with van der Waals surface area (Å²) in [5.41, 5.74) is 6.07. The Bertz CT molecular complexity index is 342. The van der Waals surface area contributed by atoms with E-state index >= 15 is 0 Å². The zero-order valence-corrected chi connectivity index (χ0v) is 10.8. The number of unbranched alkanes of at least 4 members (excludes halogenated alkanes) is 2. The third-order valence-corrected chi connectivity index (χ3v) is 2.98. The fraction of sp³-hybridized carbons (Fsp3) is 0.417. The third kappa shape index (κ3) is 4.33. The predicted molar refractivity (Wildman–Crippen MR) is 69.4 cm³/mol. The second-order valence-corrected chi connectivity index (χ2v) is 4.44. The molecule has 1 aromatic carbocycles. The Balaban J connectivity index is 2.33. The molecule has 4 heteroatoms. The summed E-state index contributed by atoms with van der Waals surface area (Å²) >= 11 is 3.35. The number of hydrogen-bond acceptors (Lipinski definition) is 2. The van der Waals surface area contributed by atoms with Crippen LogP contribution >= 0.6 is 15.9 Å². The van der Waals surface area contributed by atoms with Crippen molar-refractivity contribution in [1.82, 2.24) is 5.32 Å². The maximum Gasteiger partial charge on any atom is 0.252 e. The summed E-state index contributed by atoms with van der Waals surface area (Å²) in [6.45, 7) is 1.43. The van der Waals surface area contributed by atoms with Crippen molar-refractivity contribution in [3.8, 4) is 0 Å². The van der Waals surface area contributed by atoms with Crippen molar-refractivity contribution in [2.75, 3.05) is 13.1 Å². The van der Waals surface area contributed by atoms with Gasteiger partial charge in [-0.05, 0) is 47.4 Å². The molecule has 0 atom stereocenters. The zero-order valence-electron chi connectivity index (χ0n) is 9.21. The van der Waals surface area contributed by atoms with Crippen molar-refractivity contribution >= 4 is 21.8 Å². The number of nitrogens with one attached hydrogen (secondary N) is 1. The van der Waals surface area contributed by atoms with Gasteiger partial charge in [-0.25, -0.2) is 0 Å². The van der Waals surface area contributed by atoms with Crippen LogP contribution in [-0.2, 0) is 0 Å². The minimum Gasteiger partial charge on any atom is -0.352 e. The molecule has 88 valence electrons. The van der Waals surface area contributed by atoms with Crippen LogP contribution in [0.3, 0.4) is 0 Å². The summed E-state index contributed by atoms with van der Waals surface area (Å²) in [5, 5.41) is 2.89. The first-order valence-electron chi connectivity index (χ1n) is 5.48. The smallest absolute Gasteiger partial charge is 0.252 e. The molecule has 1 rings (SSSR count). The highest BCUT2D eigenvalue weighted by Gasteiger charge is 2.07. The zero-order chi connectivity index (χ0) is 11.8. The van der Waals surface area contributed by atoms with Gasteiger partial charge in [-0.1, -0.05) is 18.6 Å². The lowest BCUT2D eigenvalue weighted by Gasteiger charge is -2.06. The summed E-state index contributed by atoms with van der Waals surface area (Å²) < 4.78 is 0.828. The first kappa shape index (κ1) is 13.2. The standard InChI is InChI=1S/C12H17BrN2O/c13-11-7-3-2-6-10(11)12(16)15-9-5-1-4-8-14/h2-3,6-7H,1,4-5,8-9,14H2,(H,15,16). The quantitative estimate of drug-likeness (QED) is 0.788. The Morgan fingerprint density at radius 1 is 1.25 bits per heavy atom. The van der Waals surface area contributed by atoms with Gasteiger partial charge in [-0.3, -0.25) is 4.79 Å². The lowest BCUT2D eigenvalue weighted by Crippen LogP contribution is -2.24. The van der Waals surface area contributed by atoms with Crippen LogP contribution in [0.5, 0.6) is 0 Å². The summed E-state index contributed by atoms with van der Waals surface area (Å²) in [4.78, 5) is 11.7. The minimum atomic E-state index is -0.0276. The molecule has 0 aliphatic rings. The number of carbonyl (C=O) groups excluding carboxylic acids is 1. The highest BCUT2D eigenvalue weighted by Crippen LogP contribution is 2.15. The summed E-state index contributed by atoms with van der Waals surface area (Å²) in [5.74, 6) is -0.0276. The van der Waals surface area contributed by atoms with Crippen molar-refractivity contribution in [1.29, 1.82) is 0 Å². The van der Waals surface area contributed by atoms with Crippen molar-refractivity contribution in [3.63, 3.8) is 0 Å². The normalized spacial score (nSPS) is 10.1. The van der Waals surface area contributed by atoms with Crippen LogP contribution < -0.4 is 11.1 Å². The number of hydrogen-bond donors (Lipinski definition) is 2. The van der Waals surface area contributed by atoms with E-state index in [-0.39, 0.29) is 5.91 Å². The molecule has 0 unspecified atom stereocenters. The molecule has 1 amide bonds. The number of carbonyl (C=O) groups is 1. The van der Waals surface area contributed by atoms with Gasteiger partial charge in [0.1, 0.15) is 0 Å². The number of benzene rings is 1. The van der Waals surface area contributed by atoms with Crippen LogP contribution in [-0.4, -0.2) is 19.0 Å². The largest absolute Gasteiger partial charge is 0.352 e. The highest BCUT2D eigenvalue weighted by atomic mass is 79.9. The van der Waals surface area contributed by atoms with Crippen LogP contribution in [0, 0.1) is 0 Å². The molecule has 0 aliphatic carbocycles. The van der Waals surface area contributed by atoms with Crippen molar-refractivity contribution < 1.29 is 4.79 Å². The van der Waals surface area contributed by atoms with Crippen LogP contribution in [0.15, 0.2) is 28.7 Å². The number of nitrogens with two attached hydrogens (primary N) is 1. The average molecular weight is 285 g/mol. The molecular formula is C12H17BrN2O. The predicted octanol–water partition coefficient (Wildman–Crippen LogP) is 2.31. The molecule has 0 aromatic heterocycles.